The van der Waals surface area contributed by atoms with Crippen LogP contribution in [0.3, 0.4) is 0 Å². The van der Waals surface area contributed by atoms with E-state index in [1.165, 1.54) is 17.9 Å². The number of oxime groups is 1. The van der Waals surface area contributed by atoms with Crippen molar-refractivity contribution in [2.75, 3.05) is 5.32 Å². The number of benzene rings is 3. The van der Waals surface area contributed by atoms with Crippen molar-refractivity contribution < 1.29 is 18.4 Å². The molecule has 0 radical (unpaired) electrons. The van der Waals surface area contributed by atoms with Crippen LogP contribution in [0, 0.1) is 0 Å². The Bertz CT molecular complexity index is 1290. The zero-order valence-electron chi connectivity index (χ0n) is 17.7. The predicted octanol–water partition coefficient (Wildman–Crippen LogP) is 5.69. The lowest BCUT2D eigenvalue weighted by molar-refractivity contribution is 0.101. The number of carbonyl (C=O) groups is 1. The molecule has 0 aliphatic carbocycles. The summed E-state index contributed by atoms with van der Waals surface area (Å²) >= 11 is 0. The molecule has 0 saturated carbocycles. The first-order valence-electron chi connectivity index (χ1n) is 10.1. The van der Waals surface area contributed by atoms with Crippen molar-refractivity contribution in [3.63, 3.8) is 0 Å². The van der Waals surface area contributed by atoms with Gasteiger partial charge in [0.1, 0.15) is 5.69 Å². The number of anilines is 1. The molecule has 0 fully saturated rings. The Morgan fingerprint density at radius 2 is 1.82 bits per heavy atom. The van der Waals surface area contributed by atoms with Gasteiger partial charge in [0.15, 0.2) is 5.75 Å². The zero-order chi connectivity index (χ0) is 23.2. The van der Waals surface area contributed by atoms with Crippen molar-refractivity contribution >= 4 is 17.8 Å². The van der Waals surface area contributed by atoms with Gasteiger partial charge in [-0.15, -0.1) is 0 Å². The van der Waals surface area contributed by atoms with Gasteiger partial charge in [-0.05, 0) is 35.4 Å². The highest BCUT2D eigenvalue weighted by Crippen LogP contribution is 2.29. The first-order valence-corrected chi connectivity index (χ1v) is 10.1. The molecule has 1 amide bonds. The fraction of sp³-hybridized carbons (Fsp3) is 0.0800. The van der Waals surface area contributed by atoms with Crippen molar-refractivity contribution in [1.29, 1.82) is 0 Å². The summed E-state index contributed by atoms with van der Waals surface area (Å²) < 4.78 is 27.7. The van der Waals surface area contributed by atoms with Crippen LogP contribution in [0.2, 0.25) is 0 Å². The third-order valence-electron chi connectivity index (χ3n) is 4.78. The number of nitrogens with one attached hydrogen (secondary N) is 1. The number of aromatic nitrogens is 2. The van der Waals surface area contributed by atoms with Crippen LogP contribution in [0.5, 0.6) is 5.75 Å². The molecule has 1 N–H and O–H groups in total. The second kappa shape index (κ2) is 9.86. The molecule has 166 valence electrons. The van der Waals surface area contributed by atoms with E-state index in [0.717, 1.165) is 16.7 Å². The molecule has 1 aromatic heterocycles. The predicted molar refractivity (Wildman–Crippen MR) is 123 cm³/mol. The van der Waals surface area contributed by atoms with Crippen LogP contribution < -0.4 is 10.2 Å². The van der Waals surface area contributed by atoms with E-state index in [0.29, 0.717) is 11.4 Å². The summed E-state index contributed by atoms with van der Waals surface area (Å²) in [7, 11) is 1.49. The van der Waals surface area contributed by atoms with Crippen LogP contribution in [0.25, 0.3) is 11.1 Å². The third-order valence-corrected chi connectivity index (χ3v) is 4.78. The monoisotopic (exact) mass is 446 g/mol. The van der Waals surface area contributed by atoms with Crippen LogP contribution in [0.1, 0.15) is 28.0 Å². The Kier molecular flexibility index (Phi) is 6.54. The maximum Gasteiger partial charge on any atom is 0.282 e. The maximum absolute atomic E-state index is 13.3. The number of para-hydroxylation sites is 2. The van der Waals surface area contributed by atoms with Gasteiger partial charge in [0.05, 0.1) is 11.8 Å². The van der Waals surface area contributed by atoms with Gasteiger partial charge in [0.2, 0.25) is 0 Å². The van der Waals surface area contributed by atoms with Gasteiger partial charge in [-0.25, -0.2) is 8.78 Å². The maximum atomic E-state index is 13.3. The second-order valence-corrected chi connectivity index (χ2v) is 7.17. The van der Waals surface area contributed by atoms with Gasteiger partial charge in [0.25, 0.3) is 12.3 Å². The standard InChI is InChI=1S/C25H20F2N4O2/c1-31-16-21(23(30-31)24(26)27)25(32)29-22-13-6-5-12-20(22)18-9-7-8-17(14-18)15-28-33-19-10-3-2-4-11-19/h2-16,24H,1H3,(H,29,32). The van der Waals surface area contributed by atoms with E-state index in [9.17, 15) is 13.6 Å². The second-order valence-electron chi connectivity index (χ2n) is 7.17. The molecular weight excluding hydrogens is 426 g/mol. The number of nitrogens with zero attached hydrogens (tertiary/aromatic N) is 3. The molecule has 8 heteroatoms. The number of carbonyl (C=O) groups excluding carboxylic acids is 1. The van der Waals surface area contributed by atoms with Crippen LogP contribution in [-0.2, 0) is 7.05 Å². The molecule has 3 aromatic carbocycles. The highest BCUT2D eigenvalue weighted by Gasteiger charge is 2.23. The van der Waals surface area contributed by atoms with Crippen molar-refractivity contribution in [2.45, 2.75) is 6.43 Å². The number of aryl methyl sites for hydroxylation is 1. The molecule has 33 heavy (non-hydrogen) atoms. The van der Waals surface area contributed by atoms with E-state index < -0.39 is 18.0 Å². The van der Waals surface area contributed by atoms with E-state index in [4.69, 9.17) is 4.84 Å². The molecule has 0 aliphatic heterocycles. The summed E-state index contributed by atoms with van der Waals surface area (Å²) in [4.78, 5) is 18.1. The quantitative estimate of drug-likeness (QED) is 0.293. The summed E-state index contributed by atoms with van der Waals surface area (Å²) in [6.45, 7) is 0. The van der Waals surface area contributed by atoms with Gasteiger partial charge in [-0.3, -0.25) is 9.48 Å². The number of alkyl halides is 2. The Balaban J connectivity index is 1.56. The van der Waals surface area contributed by atoms with Gasteiger partial charge >= 0.3 is 0 Å². The van der Waals surface area contributed by atoms with E-state index >= 15 is 0 Å². The van der Waals surface area contributed by atoms with E-state index in [1.54, 1.807) is 30.5 Å². The summed E-state index contributed by atoms with van der Waals surface area (Å²) in [5.41, 5.74) is 2.10. The van der Waals surface area contributed by atoms with Crippen molar-refractivity contribution in [3.05, 3.63) is 102 Å². The Hall–Kier alpha value is -4.33. The van der Waals surface area contributed by atoms with Gasteiger partial charge in [0, 0.05) is 24.5 Å². The molecule has 1 heterocycles. The fourth-order valence-corrected chi connectivity index (χ4v) is 3.29. The minimum atomic E-state index is -2.85. The SMILES string of the molecule is Cn1cc(C(=O)Nc2ccccc2-c2cccc(C=NOc3ccccc3)c2)c(C(F)F)n1. The largest absolute Gasteiger partial charge is 0.357 e. The van der Waals surface area contributed by atoms with Crippen molar-refractivity contribution in [3.8, 4) is 16.9 Å². The Morgan fingerprint density at radius 1 is 1.06 bits per heavy atom. The lowest BCUT2D eigenvalue weighted by atomic mass is 10.0. The molecule has 4 aromatic rings. The molecule has 4 rings (SSSR count). The van der Waals surface area contributed by atoms with Crippen LogP contribution >= 0.6 is 0 Å². The van der Waals surface area contributed by atoms with Crippen molar-refractivity contribution in [2.24, 2.45) is 12.2 Å². The average molecular weight is 446 g/mol. The van der Waals surface area contributed by atoms with Crippen LogP contribution in [0.4, 0.5) is 14.5 Å². The highest BCUT2D eigenvalue weighted by molar-refractivity contribution is 6.07. The first-order chi connectivity index (χ1) is 16.0. The minimum Gasteiger partial charge on any atom is -0.357 e. The smallest absolute Gasteiger partial charge is 0.282 e. The third kappa shape index (κ3) is 5.30. The molecule has 0 aliphatic rings. The number of rotatable bonds is 7. The number of hydrogen-bond donors (Lipinski definition) is 1. The summed E-state index contributed by atoms with van der Waals surface area (Å²) in [5, 5.41) is 10.4. The number of amides is 1. The minimum absolute atomic E-state index is 0.166. The molecular formula is C25H20F2N4O2. The van der Waals surface area contributed by atoms with E-state index in [1.807, 2.05) is 54.6 Å². The molecule has 0 saturated heterocycles. The van der Waals surface area contributed by atoms with Gasteiger partial charge in [-0.2, -0.15) is 5.10 Å². The summed E-state index contributed by atoms with van der Waals surface area (Å²) in [6.07, 6.45) is 0.0159. The number of hydrogen-bond acceptors (Lipinski definition) is 4. The van der Waals surface area contributed by atoms with E-state index in [-0.39, 0.29) is 5.56 Å². The lowest BCUT2D eigenvalue weighted by Crippen LogP contribution is -2.14. The van der Waals surface area contributed by atoms with Crippen molar-refractivity contribution in [1.82, 2.24) is 9.78 Å². The highest BCUT2D eigenvalue weighted by atomic mass is 19.3. The van der Waals surface area contributed by atoms with Crippen LogP contribution in [-0.4, -0.2) is 21.9 Å². The van der Waals surface area contributed by atoms with Gasteiger partial charge < -0.3 is 10.2 Å². The first kappa shape index (κ1) is 21.9. The van der Waals surface area contributed by atoms with E-state index in [2.05, 4.69) is 15.6 Å². The lowest BCUT2D eigenvalue weighted by Gasteiger charge is -2.12. The molecule has 0 spiro atoms. The molecule has 0 atom stereocenters. The number of halogens is 2. The zero-order valence-corrected chi connectivity index (χ0v) is 17.7. The Labute approximate surface area is 189 Å². The average Bonchev–Trinajstić information content (AvgIpc) is 3.23. The normalized spacial score (nSPS) is 11.2. The summed E-state index contributed by atoms with van der Waals surface area (Å²) in [6, 6.07) is 23.8. The molecule has 0 bridgehead atoms. The topological polar surface area (TPSA) is 68.5 Å². The van der Waals surface area contributed by atoms with Crippen LogP contribution in [0.15, 0.2) is 90.2 Å². The molecule has 6 nitrogen and oxygen atoms in total. The molecule has 0 unspecified atom stereocenters. The fourth-order valence-electron chi connectivity index (χ4n) is 3.29. The summed E-state index contributed by atoms with van der Waals surface area (Å²) in [5.74, 6) is -0.0311. The van der Waals surface area contributed by atoms with Gasteiger partial charge in [-0.1, -0.05) is 59.8 Å². The Morgan fingerprint density at radius 3 is 2.61 bits per heavy atom.